The largest absolute Gasteiger partial charge is 0.314 e. The third kappa shape index (κ3) is 4.07. The van der Waals surface area contributed by atoms with E-state index in [4.69, 9.17) is 0 Å². The molecule has 0 amide bonds. The highest BCUT2D eigenvalue weighted by atomic mass is 14.9. The fourth-order valence-corrected chi connectivity index (χ4v) is 3.61. The van der Waals surface area contributed by atoms with Crippen LogP contribution in [0.25, 0.3) is 0 Å². The van der Waals surface area contributed by atoms with Crippen LogP contribution < -0.4 is 5.32 Å². The molecule has 1 atom stereocenters. The summed E-state index contributed by atoms with van der Waals surface area (Å²) < 4.78 is 0. The van der Waals surface area contributed by atoms with Crippen molar-refractivity contribution in [1.29, 1.82) is 0 Å². The van der Waals surface area contributed by atoms with Gasteiger partial charge in [-0.15, -0.1) is 0 Å². The molecule has 0 spiro atoms. The van der Waals surface area contributed by atoms with Crippen LogP contribution in [0.5, 0.6) is 0 Å². The van der Waals surface area contributed by atoms with Crippen LogP contribution in [0.15, 0.2) is 30.3 Å². The minimum atomic E-state index is 0.517. The van der Waals surface area contributed by atoms with Gasteiger partial charge in [-0.25, -0.2) is 0 Å². The first kappa shape index (κ1) is 14.6. The average Bonchev–Trinajstić information content (AvgIpc) is 2.45. The second-order valence-corrected chi connectivity index (χ2v) is 6.35. The number of rotatable bonds is 6. The summed E-state index contributed by atoms with van der Waals surface area (Å²) >= 11 is 0. The van der Waals surface area contributed by atoms with Crippen molar-refractivity contribution in [2.75, 3.05) is 6.54 Å². The first-order valence-corrected chi connectivity index (χ1v) is 8.02. The van der Waals surface area contributed by atoms with Gasteiger partial charge in [0.05, 0.1) is 0 Å². The highest BCUT2D eigenvalue weighted by molar-refractivity contribution is 5.15. The molecule has 1 unspecified atom stereocenters. The quantitative estimate of drug-likeness (QED) is 0.789. The van der Waals surface area contributed by atoms with Gasteiger partial charge in [0.2, 0.25) is 0 Å². The van der Waals surface area contributed by atoms with Crippen molar-refractivity contribution in [3.05, 3.63) is 35.9 Å². The molecule has 1 N–H and O–H groups in total. The lowest BCUT2D eigenvalue weighted by Crippen LogP contribution is -2.45. The van der Waals surface area contributed by atoms with E-state index in [0.717, 1.165) is 6.54 Å². The normalized spacial score (nSPS) is 20.1. The summed E-state index contributed by atoms with van der Waals surface area (Å²) in [6.07, 6.45) is 9.56. The van der Waals surface area contributed by atoms with Crippen molar-refractivity contribution >= 4 is 0 Å². The van der Waals surface area contributed by atoms with E-state index in [9.17, 15) is 0 Å². The molecule has 2 rings (SSSR count). The van der Waals surface area contributed by atoms with E-state index < -0.39 is 0 Å². The summed E-state index contributed by atoms with van der Waals surface area (Å²) in [6, 6.07) is 11.6. The molecule has 0 heterocycles. The predicted molar refractivity (Wildman–Crippen MR) is 83.4 cm³/mol. The fraction of sp³-hybridized carbons (Fsp3) is 0.667. The van der Waals surface area contributed by atoms with E-state index in [0.29, 0.717) is 11.5 Å². The molecule has 106 valence electrons. The summed E-state index contributed by atoms with van der Waals surface area (Å²) in [5, 5.41) is 3.76. The third-order valence-electron chi connectivity index (χ3n) is 4.85. The summed E-state index contributed by atoms with van der Waals surface area (Å²) in [7, 11) is 0. The molecule has 1 fully saturated rings. The van der Waals surface area contributed by atoms with Gasteiger partial charge in [-0.3, -0.25) is 0 Å². The minimum absolute atomic E-state index is 0.517. The summed E-state index contributed by atoms with van der Waals surface area (Å²) in [5.74, 6) is 0. The zero-order chi connectivity index (χ0) is 13.6. The molecular weight excluding hydrogens is 230 g/mol. The van der Waals surface area contributed by atoms with Crippen molar-refractivity contribution in [3.63, 3.8) is 0 Å². The predicted octanol–water partition coefficient (Wildman–Crippen LogP) is 4.57. The smallest absolute Gasteiger partial charge is 0.0124 e. The van der Waals surface area contributed by atoms with Crippen LogP contribution >= 0.6 is 0 Å². The Morgan fingerprint density at radius 2 is 1.79 bits per heavy atom. The van der Waals surface area contributed by atoms with Crippen LogP contribution in [0.1, 0.15) is 57.9 Å². The zero-order valence-corrected chi connectivity index (χ0v) is 12.6. The second kappa shape index (κ2) is 7.09. The molecular formula is C18H29N. The molecule has 0 bridgehead atoms. The Morgan fingerprint density at radius 3 is 2.42 bits per heavy atom. The van der Waals surface area contributed by atoms with E-state index >= 15 is 0 Å². The lowest BCUT2D eigenvalue weighted by atomic mass is 9.69. The average molecular weight is 259 g/mol. The van der Waals surface area contributed by atoms with Gasteiger partial charge in [-0.1, -0.05) is 63.4 Å². The van der Waals surface area contributed by atoms with Gasteiger partial charge < -0.3 is 5.32 Å². The number of hydrogen-bond acceptors (Lipinski definition) is 1. The highest BCUT2D eigenvalue weighted by Gasteiger charge is 2.34. The maximum atomic E-state index is 3.76. The Morgan fingerprint density at radius 1 is 1.11 bits per heavy atom. The maximum absolute atomic E-state index is 3.76. The summed E-state index contributed by atoms with van der Waals surface area (Å²) in [5.41, 5.74) is 1.99. The molecule has 19 heavy (non-hydrogen) atoms. The topological polar surface area (TPSA) is 12.0 Å². The Hall–Kier alpha value is -0.820. The van der Waals surface area contributed by atoms with E-state index in [-0.39, 0.29) is 0 Å². The SMILES string of the molecule is CCNC(CCc1ccccc1)C1(C)CCCCC1. The molecule has 0 aromatic heterocycles. The van der Waals surface area contributed by atoms with E-state index in [1.165, 1.54) is 50.5 Å². The molecule has 0 radical (unpaired) electrons. The van der Waals surface area contributed by atoms with Crippen molar-refractivity contribution in [2.45, 2.75) is 64.8 Å². The van der Waals surface area contributed by atoms with Crippen LogP contribution in [-0.2, 0) is 6.42 Å². The van der Waals surface area contributed by atoms with E-state index in [2.05, 4.69) is 49.5 Å². The van der Waals surface area contributed by atoms with Gasteiger partial charge in [-0.2, -0.15) is 0 Å². The van der Waals surface area contributed by atoms with Crippen LogP contribution in [-0.4, -0.2) is 12.6 Å². The van der Waals surface area contributed by atoms with Gasteiger partial charge in [0.1, 0.15) is 0 Å². The Balaban J connectivity index is 1.95. The van der Waals surface area contributed by atoms with E-state index in [1.807, 2.05) is 0 Å². The van der Waals surface area contributed by atoms with E-state index in [1.54, 1.807) is 0 Å². The summed E-state index contributed by atoms with van der Waals surface area (Å²) in [6.45, 7) is 5.83. The molecule has 1 aliphatic rings. The lowest BCUT2D eigenvalue weighted by Gasteiger charge is -2.41. The molecule has 1 heteroatoms. The number of benzene rings is 1. The van der Waals surface area contributed by atoms with Crippen LogP contribution in [0.4, 0.5) is 0 Å². The number of hydrogen-bond donors (Lipinski definition) is 1. The summed E-state index contributed by atoms with van der Waals surface area (Å²) in [4.78, 5) is 0. The van der Waals surface area contributed by atoms with Crippen molar-refractivity contribution in [3.8, 4) is 0 Å². The standard InChI is InChI=1S/C18H29N/c1-3-19-17(18(2)14-8-5-9-15-18)13-12-16-10-6-4-7-11-16/h4,6-7,10-11,17,19H,3,5,8-9,12-15H2,1-2H3. The lowest BCUT2D eigenvalue weighted by molar-refractivity contribution is 0.139. The Labute approximate surface area is 118 Å². The first-order chi connectivity index (χ1) is 9.24. The van der Waals surface area contributed by atoms with Gasteiger partial charge in [0.25, 0.3) is 0 Å². The van der Waals surface area contributed by atoms with Gasteiger partial charge >= 0.3 is 0 Å². The van der Waals surface area contributed by atoms with Crippen LogP contribution in [0.2, 0.25) is 0 Å². The number of nitrogens with one attached hydrogen (secondary N) is 1. The molecule has 0 aliphatic heterocycles. The molecule has 1 aromatic carbocycles. The van der Waals surface area contributed by atoms with Crippen molar-refractivity contribution < 1.29 is 0 Å². The van der Waals surface area contributed by atoms with Crippen molar-refractivity contribution in [1.82, 2.24) is 5.32 Å². The monoisotopic (exact) mass is 259 g/mol. The highest BCUT2D eigenvalue weighted by Crippen LogP contribution is 2.40. The Bertz CT molecular complexity index is 351. The zero-order valence-electron chi connectivity index (χ0n) is 12.6. The van der Waals surface area contributed by atoms with Gasteiger partial charge in [-0.05, 0) is 43.2 Å². The molecule has 1 aliphatic carbocycles. The maximum Gasteiger partial charge on any atom is 0.0124 e. The molecule has 1 nitrogen and oxygen atoms in total. The second-order valence-electron chi connectivity index (χ2n) is 6.35. The van der Waals surface area contributed by atoms with Crippen LogP contribution in [0.3, 0.4) is 0 Å². The minimum Gasteiger partial charge on any atom is -0.314 e. The Kier molecular flexibility index (Phi) is 5.45. The third-order valence-corrected chi connectivity index (χ3v) is 4.85. The van der Waals surface area contributed by atoms with Crippen molar-refractivity contribution in [2.24, 2.45) is 5.41 Å². The fourth-order valence-electron chi connectivity index (χ4n) is 3.61. The number of aryl methyl sites for hydroxylation is 1. The van der Waals surface area contributed by atoms with Gasteiger partial charge in [0.15, 0.2) is 0 Å². The van der Waals surface area contributed by atoms with Crippen LogP contribution in [0, 0.1) is 5.41 Å². The molecule has 1 aromatic rings. The molecule has 0 saturated heterocycles. The molecule has 1 saturated carbocycles. The van der Waals surface area contributed by atoms with Gasteiger partial charge in [0, 0.05) is 6.04 Å². The first-order valence-electron chi connectivity index (χ1n) is 8.02.